The van der Waals surface area contributed by atoms with Gasteiger partial charge in [0.15, 0.2) is 5.76 Å². The molecule has 0 radical (unpaired) electrons. The topological polar surface area (TPSA) is 39.4 Å². The number of hydrogen-bond donors (Lipinski definition) is 0. The van der Waals surface area contributed by atoms with E-state index >= 15 is 0 Å². The predicted molar refractivity (Wildman–Crippen MR) is 91.8 cm³/mol. The van der Waals surface area contributed by atoms with Gasteiger partial charge in [-0.2, -0.15) is 0 Å². The van der Waals surface area contributed by atoms with Crippen LogP contribution in [0.5, 0.6) is 5.75 Å². The molecule has 0 atom stereocenters. The molecule has 0 amide bonds. The molecule has 22 heavy (non-hydrogen) atoms. The van der Waals surface area contributed by atoms with Crippen LogP contribution in [0.1, 0.15) is 6.42 Å². The van der Waals surface area contributed by atoms with E-state index in [9.17, 15) is 4.79 Å². The molecule has 0 saturated carbocycles. The summed E-state index contributed by atoms with van der Waals surface area (Å²) in [6.45, 7) is 0.466. The van der Waals surface area contributed by atoms with Gasteiger partial charge in [0.25, 0.3) is 0 Å². The van der Waals surface area contributed by atoms with Gasteiger partial charge in [0.2, 0.25) is 11.2 Å². The van der Waals surface area contributed by atoms with Crippen molar-refractivity contribution in [2.24, 2.45) is 0 Å². The lowest BCUT2D eigenvalue weighted by molar-refractivity contribution is 0.310. The lowest BCUT2D eigenvalue weighted by Gasteiger charge is -2.11. The Bertz CT molecular complexity index is 825. The van der Waals surface area contributed by atoms with E-state index in [-0.39, 0.29) is 11.2 Å². The van der Waals surface area contributed by atoms with Gasteiger partial charge in [-0.05, 0) is 18.6 Å². The highest BCUT2D eigenvalue weighted by Crippen LogP contribution is 2.30. The van der Waals surface area contributed by atoms with Crippen molar-refractivity contribution in [1.29, 1.82) is 0 Å². The maximum absolute atomic E-state index is 12.7. The molecule has 0 bridgehead atoms. The Labute approximate surface area is 136 Å². The number of ether oxygens (including phenoxy) is 1. The first-order valence-electron chi connectivity index (χ1n) is 7.11. The molecule has 0 saturated heterocycles. The van der Waals surface area contributed by atoms with Gasteiger partial charge in [0.1, 0.15) is 5.58 Å². The summed E-state index contributed by atoms with van der Waals surface area (Å²) in [6.07, 6.45) is 0.820. The van der Waals surface area contributed by atoms with Gasteiger partial charge in [-0.3, -0.25) is 4.79 Å². The summed E-state index contributed by atoms with van der Waals surface area (Å²) in [7, 11) is 0. The summed E-state index contributed by atoms with van der Waals surface area (Å²) >= 11 is 3.36. The van der Waals surface area contributed by atoms with E-state index in [0.29, 0.717) is 23.3 Å². The van der Waals surface area contributed by atoms with Gasteiger partial charge in [-0.1, -0.05) is 58.4 Å². The first kappa shape index (κ1) is 14.9. The monoisotopic (exact) mass is 358 g/mol. The summed E-state index contributed by atoms with van der Waals surface area (Å²) in [5.41, 5.74) is 1.27. The number of fused-ring (bicyclic) bond motifs is 1. The zero-order valence-corrected chi connectivity index (χ0v) is 13.5. The van der Waals surface area contributed by atoms with Crippen LogP contribution in [0.25, 0.3) is 22.3 Å². The highest BCUT2D eigenvalue weighted by atomic mass is 79.9. The molecule has 3 nitrogen and oxygen atoms in total. The van der Waals surface area contributed by atoms with Crippen LogP contribution < -0.4 is 10.2 Å². The zero-order valence-electron chi connectivity index (χ0n) is 11.9. The Morgan fingerprint density at radius 3 is 2.50 bits per heavy atom. The molecule has 0 aliphatic rings. The summed E-state index contributed by atoms with van der Waals surface area (Å²) in [6, 6.07) is 16.8. The summed E-state index contributed by atoms with van der Waals surface area (Å²) in [5, 5.41) is 1.36. The van der Waals surface area contributed by atoms with E-state index in [2.05, 4.69) is 15.9 Å². The molecule has 1 heterocycles. The highest BCUT2D eigenvalue weighted by Gasteiger charge is 2.17. The maximum Gasteiger partial charge on any atom is 0.235 e. The van der Waals surface area contributed by atoms with E-state index in [1.165, 1.54) is 0 Å². The quantitative estimate of drug-likeness (QED) is 0.493. The second-order valence-corrected chi connectivity index (χ2v) is 5.64. The SMILES string of the molecule is O=c1c(OCCCBr)c(-c2ccccc2)oc2ccccc12. The van der Waals surface area contributed by atoms with E-state index in [0.717, 1.165) is 17.3 Å². The van der Waals surface area contributed by atoms with E-state index in [4.69, 9.17) is 9.15 Å². The van der Waals surface area contributed by atoms with Crippen LogP contribution in [0.2, 0.25) is 0 Å². The van der Waals surface area contributed by atoms with Crippen molar-refractivity contribution in [3.8, 4) is 17.1 Å². The van der Waals surface area contributed by atoms with Crippen molar-refractivity contribution in [2.75, 3.05) is 11.9 Å². The molecule has 2 aromatic carbocycles. The fraction of sp³-hybridized carbons (Fsp3) is 0.167. The van der Waals surface area contributed by atoms with Crippen LogP contribution in [-0.2, 0) is 0 Å². The van der Waals surface area contributed by atoms with E-state index in [1.807, 2.05) is 42.5 Å². The highest BCUT2D eigenvalue weighted by molar-refractivity contribution is 9.09. The Morgan fingerprint density at radius 1 is 1.00 bits per heavy atom. The van der Waals surface area contributed by atoms with Crippen molar-refractivity contribution in [2.45, 2.75) is 6.42 Å². The molecular formula is C18H15BrO3. The molecule has 1 aromatic heterocycles. The molecule has 3 aromatic rings. The Hall–Kier alpha value is -2.07. The van der Waals surface area contributed by atoms with Crippen molar-refractivity contribution < 1.29 is 9.15 Å². The number of rotatable bonds is 5. The minimum Gasteiger partial charge on any atom is -0.486 e. The lowest BCUT2D eigenvalue weighted by Crippen LogP contribution is -2.11. The maximum atomic E-state index is 12.7. The van der Waals surface area contributed by atoms with Crippen LogP contribution in [-0.4, -0.2) is 11.9 Å². The van der Waals surface area contributed by atoms with Crippen LogP contribution in [0, 0.1) is 0 Å². The van der Waals surface area contributed by atoms with Gasteiger partial charge in [-0.15, -0.1) is 0 Å². The third kappa shape index (κ3) is 2.92. The van der Waals surface area contributed by atoms with Crippen molar-refractivity contribution in [3.05, 3.63) is 64.8 Å². The van der Waals surface area contributed by atoms with Crippen LogP contribution in [0.15, 0.2) is 63.8 Å². The van der Waals surface area contributed by atoms with Gasteiger partial charge in [0.05, 0.1) is 12.0 Å². The third-order valence-electron chi connectivity index (χ3n) is 3.32. The van der Waals surface area contributed by atoms with E-state index in [1.54, 1.807) is 12.1 Å². The van der Waals surface area contributed by atoms with Crippen molar-refractivity contribution in [3.63, 3.8) is 0 Å². The number of benzene rings is 2. The largest absolute Gasteiger partial charge is 0.486 e. The summed E-state index contributed by atoms with van der Waals surface area (Å²) in [5.74, 6) is 0.768. The Morgan fingerprint density at radius 2 is 1.73 bits per heavy atom. The molecule has 0 aliphatic heterocycles. The Kier molecular flexibility index (Phi) is 4.59. The fourth-order valence-electron chi connectivity index (χ4n) is 2.26. The van der Waals surface area contributed by atoms with Crippen molar-refractivity contribution in [1.82, 2.24) is 0 Å². The number of alkyl halides is 1. The fourth-order valence-corrected chi connectivity index (χ4v) is 2.49. The molecule has 0 spiro atoms. The molecule has 112 valence electrons. The lowest BCUT2D eigenvalue weighted by atomic mass is 10.1. The van der Waals surface area contributed by atoms with Crippen LogP contribution in [0.4, 0.5) is 0 Å². The van der Waals surface area contributed by atoms with Gasteiger partial charge in [-0.25, -0.2) is 0 Å². The minimum atomic E-state index is -0.129. The first-order valence-corrected chi connectivity index (χ1v) is 8.23. The van der Waals surface area contributed by atoms with Crippen molar-refractivity contribution >= 4 is 26.9 Å². The molecule has 0 unspecified atom stereocenters. The van der Waals surface area contributed by atoms with Gasteiger partial charge in [0, 0.05) is 10.9 Å². The summed E-state index contributed by atoms with van der Waals surface area (Å²) < 4.78 is 11.7. The molecule has 3 rings (SSSR count). The molecule has 0 aliphatic carbocycles. The molecule has 0 N–H and O–H groups in total. The van der Waals surface area contributed by atoms with Crippen LogP contribution in [0.3, 0.4) is 0 Å². The summed E-state index contributed by atoms with van der Waals surface area (Å²) in [4.78, 5) is 12.7. The smallest absolute Gasteiger partial charge is 0.235 e. The van der Waals surface area contributed by atoms with Gasteiger partial charge < -0.3 is 9.15 Å². The van der Waals surface area contributed by atoms with E-state index < -0.39 is 0 Å². The average Bonchev–Trinajstić information content (AvgIpc) is 2.57. The predicted octanol–water partition coefficient (Wildman–Crippen LogP) is 4.62. The number of halogens is 1. The second kappa shape index (κ2) is 6.79. The Balaban J connectivity index is 2.19. The normalized spacial score (nSPS) is 10.8. The van der Waals surface area contributed by atoms with Gasteiger partial charge >= 0.3 is 0 Å². The standard InChI is InChI=1S/C18H15BrO3/c19-11-6-12-21-18-16(20)14-9-4-5-10-15(14)22-17(18)13-7-2-1-3-8-13/h1-5,7-10H,6,11-12H2. The zero-order chi connectivity index (χ0) is 15.4. The average molecular weight is 359 g/mol. The number of para-hydroxylation sites is 1. The number of hydrogen-bond acceptors (Lipinski definition) is 3. The molecule has 4 heteroatoms. The second-order valence-electron chi connectivity index (χ2n) is 4.84. The molecular weight excluding hydrogens is 344 g/mol. The molecule has 0 fully saturated rings. The van der Waals surface area contributed by atoms with Crippen LogP contribution >= 0.6 is 15.9 Å². The third-order valence-corrected chi connectivity index (χ3v) is 3.88. The first-order chi connectivity index (χ1) is 10.8. The minimum absolute atomic E-state index is 0.129.